The molecule has 0 saturated heterocycles. The Morgan fingerprint density at radius 3 is 1.92 bits per heavy atom. The second-order valence-electron chi connectivity index (χ2n) is 3.67. The molecule has 2 unspecified atom stereocenters. The molecular weight excluding hydrogens is 160 g/mol. The molecule has 0 saturated carbocycles. The maximum atomic E-state index is 9.00. The van der Waals surface area contributed by atoms with Crippen LogP contribution in [0.5, 0.6) is 0 Å². The van der Waals surface area contributed by atoms with E-state index in [0.717, 1.165) is 12.3 Å². The van der Waals surface area contributed by atoms with Crippen molar-refractivity contribution >= 4 is 0 Å². The van der Waals surface area contributed by atoms with Crippen LogP contribution in [0, 0.1) is 5.92 Å². The molecule has 1 N–H and O–H groups in total. The summed E-state index contributed by atoms with van der Waals surface area (Å²) in [7, 11) is 0. The molecule has 82 valence electrons. The molecule has 1 heteroatoms. The summed E-state index contributed by atoms with van der Waals surface area (Å²) >= 11 is 0. The largest absolute Gasteiger partial charge is 0.393 e. The van der Waals surface area contributed by atoms with Crippen molar-refractivity contribution in [1.82, 2.24) is 0 Å². The van der Waals surface area contributed by atoms with Gasteiger partial charge in [0, 0.05) is 0 Å². The second-order valence-corrected chi connectivity index (χ2v) is 3.67. The maximum absolute atomic E-state index is 9.00. The predicted octanol–water partition coefficient (Wildman–Crippen LogP) is 4.00. The quantitative estimate of drug-likeness (QED) is 0.668. The summed E-state index contributed by atoms with van der Waals surface area (Å²) in [6.07, 6.45) is 5.94. The SMILES string of the molecule is CC.CCCC(C)CCCC(C)O. The Morgan fingerprint density at radius 2 is 1.54 bits per heavy atom. The summed E-state index contributed by atoms with van der Waals surface area (Å²) in [5.74, 6) is 0.846. The average molecular weight is 188 g/mol. The zero-order chi connectivity index (χ0) is 10.7. The van der Waals surface area contributed by atoms with Gasteiger partial charge < -0.3 is 5.11 Å². The van der Waals surface area contributed by atoms with Gasteiger partial charge in [-0.2, -0.15) is 0 Å². The first-order valence-corrected chi connectivity index (χ1v) is 5.84. The van der Waals surface area contributed by atoms with E-state index in [4.69, 9.17) is 5.11 Å². The fraction of sp³-hybridized carbons (Fsp3) is 1.00. The Hall–Kier alpha value is -0.0400. The summed E-state index contributed by atoms with van der Waals surface area (Å²) in [6, 6.07) is 0. The molecule has 0 aromatic heterocycles. The third-order valence-electron chi connectivity index (χ3n) is 2.10. The molecule has 0 aromatic carbocycles. The molecule has 0 radical (unpaired) electrons. The smallest absolute Gasteiger partial charge is 0.0512 e. The van der Waals surface area contributed by atoms with Crippen molar-refractivity contribution in [3.8, 4) is 0 Å². The van der Waals surface area contributed by atoms with Crippen LogP contribution in [-0.4, -0.2) is 11.2 Å². The van der Waals surface area contributed by atoms with Crippen LogP contribution in [0.3, 0.4) is 0 Å². The first kappa shape index (κ1) is 15.4. The highest BCUT2D eigenvalue weighted by Gasteiger charge is 2.01. The van der Waals surface area contributed by atoms with E-state index < -0.39 is 0 Å². The van der Waals surface area contributed by atoms with Crippen LogP contribution in [0.1, 0.15) is 66.7 Å². The summed E-state index contributed by atoms with van der Waals surface area (Å²) in [5.41, 5.74) is 0. The minimum Gasteiger partial charge on any atom is -0.393 e. The highest BCUT2D eigenvalue weighted by molar-refractivity contribution is 4.54. The summed E-state index contributed by atoms with van der Waals surface area (Å²) < 4.78 is 0. The van der Waals surface area contributed by atoms with E-state index in [1.807, 2.05) is 20.8 Å². The van der Waals surface area contributed by atoms with Gasteiger partial charge in [-0.05, 0) is 19.3 Å². The van der Waals surface area contributed by atoms with Crippen molar-refractivity contribution in [2.75, 3.05) is 0 Å². The van der Waals surface area contributed by atoms with Crippen molar-refractivity contribution < 1.29 is 5.11 Å². The number of aliphatic hydroxyl groups is 1. The van der Waals surface area contributed by atoms with Crippen LogP contribution in [0.2, 0.25) is 0 Å². The van der Waals surface area contributed by atoms with Crippen molar-refractivity contribution in [2.45, 2.75) is 72.8 Å². The predicted molar refractivity (Wildman–Crippen MR) is 61.0 cm³/mol. The lowest BCUT2D eigenvalue weighted by molar-refractivity contribution is 0.178. The highest BCUT2D eigenvalue weighted by atomic mass is 16.3. The van der Waals surface area contributed by atoms with E-state index in [2.05, 4.69) is 13.8 Å². The van der Waals surface area contributed by atoms with E-state index >= 15 is 0 Å². The van der Waals surface area contributed by atoms with E-state index in [1.165, 1.54) is 25.7 Å². The molecule has 2 atom stereocenters. The zero-order valence-corrected chi connectivity index (χ0v) is 10.1. The van der Waals surface area contributed by atoms with Crippen molar-refractivity contribution in [1.29, 1.82) is 0 Å². The molecule has 0 aliphatic heterocycles. The van der Waals surface area contributed by atoms with Gasteiger partial charge in [0.05, 0.1) is 6.10 Å². The monoisotopic (exact) mass is 188 g/mol. The van der Waals surface area contributed by atoms with E-state index in [-0.39, 0.29) is 6.10 Å². The zero-order valence-electron chi connectivity index (χ0n) is 10.1. The van der Waals surface area contributed by atoms with Crippen LogP contribution >= 0.6 is 0 Å². The van der Waals surface area contributed by atoms with E-state index in [1.54, 1.807) is 0 Å². The lowest BCUT2D eigenvalue weighted by Gasteiger charge is -2.09. The van der Waals surface area contributed by atoms with Gasteiger partial charge in [-0.15, -0.1) is 0 Å². The molecular formula is C12H28O. The third kappa shape index (κ3) is 14.8. The first-order chi connectivity index (χ1) is 6.16. The van der Waals surface area contributed by atoms with Gasteiger partial charge in [-0.1, -0.05) is 53.4 Å². The van der Waals surface area contributed by atoms with E-state index in [0.29, 0.717) is 0 Å². The van der Waals surface area contributed by atoms with Crippen LogP contribution in [0.15, 0.2) is 0 Å². The van der Waals surface area contributed by atoms with Crippen molar-refractivity contribution in [3.05, 3.63) is 0 Å². The maximum Gasteiger partial charge on any atom is 0.0512 e. The third-order valence-corrected chi connectivity index (χ3v) is 2.10. The van der Waals surface area contributed by atoms with Crippen molar-refractivity contribution in [2.24, 2.45) is 5.92 Å². The fourth-order valence-electron chi connectivity index (χ4n) is 1.40. The van der Waals surface area contributed by atoms with Gasteiger partial charge in [-0.25, -0.2) is 0 Å². The Bertz CT molecular complexity index is 79.2. The first-order valence-electron chi connectivity index (χ1n) is 5.84. The molecule has 0 spiro atoms. The van der Waals surface area contributed by atoms with Gasteiger partial charge in [0.2, 0.25) is 0 Å². The number of hydrogen-bond donors (Lipinski definition) is 1. The number of aliphatic hydroxyl groups excluding tert-OH is 1. The van der Waals surface area contributed by atoms with Crippen molar-refractivity contribution in [3.63, 3.8) is 0 Å². The summed E-state index contributed by atoms with van der Waals surface area (Å²) in [6.45, 7) is 10.4. The van der Waals surface area contributed by atoms with Gasteiger partial charge in [0.1, 0.15) is 0 Å². The molecule has 0 rings (SSSR count). The molecule has 1 nitrogen and oxygen atoms in total. The number of hydrogen-bond acceptors (Lipinski definition) is 1. The normalized spacial score (nSPS) is 14.3. The van der Waals surface area contributed by atoms with Crippen LogP contribution in [0.25, 0.3) is 0 Å². The van der Waals surface area contributed by atoms with Crippen LogP contribution < -0.4 is 0 Å². The van der Waals surface area contributed by atoms with Gasteiger partial charge in [-0.3, -0.25) is 0 Å². The Labute approximate surface area is 84.6 Å². The summed E-state index contributed by atoms with van der Waals surface area (Å²) in [4.78, 5) is 0. The molecule has 13 heavy (non-hydrogen) atoms. The van der Waals surface area contributed by atoms with Gasteiger partial charge in [0.15, 0.2) is 0 Å². The second kappa shape index (κ2) is 12.0. The Kier molecular flexibility index (Phi) is 14.2. The minimum atomic E-state index is -0.108. The lowest BCUT2D eigenvalue weighted by atomic mass is 9.98. The minimum absolute atomic E-state index is 0.108. The van der Waals surface area contributed by atoms with Gasteiger partial charge in [0.25, 0.3) is 0 Å². The molecule has 0 aliphatic carbocycles. The molecule has 0 bridgehead atoms. The Morgan fingerprint density at radius 1 is 1.00 bits per heavy atom. The van der Waals surface area contributed by atoms with Crippen LogP contribution in [-0.2, 0) is 0 Å². The molecule has 0 aliphatic rings. The molecule has 0 heterocycles. The molecule has 0 aromatic rings. The average Bonchev–Trinajstić information content (AvgIpc) is 2.08. The highest BCUT2D eigenvalue weighted by Crippen LogP contribution is 2.14. The topological polar surface area (TPSA) is 20.2 Å². The molecule has 0 fully saturated rings. The fourth-order valence-corrected chi connectivity index (χ4v) is 1.40. The lowest BCUT2D eigenvalue weighted by Crippen LogP contribution is -2.01. The summed E-state index contributed by atoms with van der Waals surface area (Å²) in [5, 5.41) is 9.00. The standard InChI is InChI=1S/C10H22O.C2H6/c1-4-6-9(2)7-5-8-10(3)11;1-2/h9-11H,4-8H2,1-3H3;1-2H3. The Balaban J connectivity index is 0. The van der Waals surface area contributed by atoms with Gasteiger partial charge >= 0.3 is 0 Å². The number of rotatable bonds is 6. The van der Waals surface area contributed by atoms with E-state index in [9.17, 15) is 0 Å². The molecule has 0 amide bonds. The van der Waals surface area contributed by atoms with Crippen LogP contribution in [0.4, 0.5) is 0 Å².